The first kappa shape index (κ1) is 12.7. The lowest BCUT2D eigenvalue weighted by molar-refractivity contribution is -0.116. The molecule has 1 unspecified atom stereocenters. The molecule has 0 fully saturated rings. The molecule has 2 nitrogen and oxygen atoms in total. The fourth-order valence-corrected chi connectivity index (χ4v) is 2.52. The molecule has 20 heavy (non-hydrogen) atoms. The summed E-state index contributed by atoms with van der Waals surface area (Å²) in [6.07, 6.45) is -0.0448. The number of amides is 1. The topological polar surface area (TPSA) is 29.1 Å². The van der Waals surface area contributed by atoms with Crippen LogP contribution in [-0.2, 0) is 4.79 Å². The number of hydrogen-bond donors (Lipinski definition) is 1. The van der Waals surface area contributed by atoms with Crippen LogP contribution in [0.15, 0.2) is 36.4 Å². The molecule has 1 atom stereocenters. The zero-order chi connectivity index (χ0) is 14.3. The van der Waals surface area contributed by atoms with E-state index in [-0.39, 0.29) is 17.7 Å². The maximum atomic E-state index is 14.0. The van der Waals surface area contributed by atoms with Crippen LogP contribution in [0.4, 0.5) is 18.9 Å². The van der Waals surface area contributed by atoms with Gasteiger partial charge in [-0.3, -0.25) is 4.79 Å². The number of halogens is 3. The molecule has 102 valence electrons. The molecule has 0 radical (unpaired) electrons. The number of anilines is 1. The monoisotopic (exact) mass is 277 g/mol. The predicted molar refractivity (Wildman–Crippen MR) is 67.8 cm³/mol. The standard InChI is InChI=1S/C15H10F3NO/c16-10-7-11(17)15-13(14(10)18)9(6-12(20)19-15)8-4-2-1-3-5-8/h1-5,7,9H,6H2,(H,19,20). The Morgan fingerprint density at radius 3 is 2.45 bits per heavy atom. The molecule has 1 amide bonds. The third-order valence-corrected chi connectivity index (χ3v) is 3.41. The Hall–Kier alpha value is -2.30. The summed E-state index contributed by atoms with van der Waals surface area (Å²) in [4.78, 5) is 11.7. The van der Waals surface area contributed by atoms with Gasteiger partial charge in [0.25, 0.3) is 0 Å². The quantitative estimate of drug-likeness (QED) is 0.793. The first-order valence-corrected chi connectivity index (χ1v) is 6.10. The van der Waals surface area contributed by atoms with Crippen LogP contribution >= 0.6 is 0 Å². The Bertz CT molecular complexity index is 685. The Labute approximate surface area is 113 Å². The van der Waals surface area contributed by atoms with Crippen molar-refractivity contribution in [3.63, 3.8) is 0 Å². The predicted octanol–water partition coefficient (Wildman–Crippen LogP) is 3.58. The molecule has 0 spiro atoms. The second-order valence-electron chi connectivity index (χ2n) is 4.66. The molecule has 0 aliphatic carbocycles. The average Bonchev–Trinajstić information content (AvgIpc) is 2.45. The Kier molecular flexibility index (Phi) is 2.97. The fraction of sp³-hybridized carbons (Fsp3) is 0.133. The van der Waals surface area contributed by atoms with E-state index in [9.17, 15) is 18.0 Å². The highest BCUT2D eigenvalue weighted by Crippen LogP contribution is 2.40. The van der Waals surface area contributed by atoms with Gasteiger partial charge < -0.3 is 5.32 Å². The number of nitrogens with one attached hydrogen (secondary N) is 1. The highest BCUT2D eigenvalue weighted by molar-refractivity contribution is 5.95. The lowest BCUT2D eigenvalue weighted by Gasteiger charge is -2.26. The van der Waals surface area contributed by atoms with E-state index in [1.54, 1.807) is 30.3 Å². The van der Waals surface area contributed by atoms with Crippen LogP contribution < -0.4 is 5.32 Å². The molecule has 0 bridgehead atoms. The van der Waals surface area contributed by atoms with Gasteiger partial charge in [-0.2, -0.15) is 0 Å². The Morgan fingerprint density at radius 1 is 1.05 bits per heavy atom. The Balaban J connectivity index is 2.24. The van der Waals surface area contributed by atoms with Gasteiger partial charge in [0.1, 0.15) is 5.82 Å². The van der Waals surface area contributed by atoms with Crippen LogP contribution in [0.5, 0.6) is 0 Å². The summed E-state index contributed by atoms with van der Waals surface area (Å²) in [6.45, 7) is 0. The van der Waals surface area contributed by atoms with E-state index in [1.165, 1.54) is 0 Å². The highest BCUT2D eigenvalue weighted by atomic mass is 19.2. The van der Waals surface area contributed by atoms with Crippen molar-refractivity contribution in [3.05, 3.63) is 65.0 Å². The molecule has 0 aromatic heterocycles. The van der Waals surface area contributed by atoms with Gasteiger partial charge in [-0.25, -0.2) is 13.2 Å². The van der Waals surface area contributed by atoms with Crippen LogP contribution in [0, 0.1) is 17.5 Å². The van der Waals surface area contributed by atoms with E-state index < -0.39 is 29.3 Å². The van der Waals surface area contributed by atoms with E-state index in [0.717, 1.165) is 0 Å². The van der Waals surface area contributed by atoms with Gasteiger partial charge in [-0.05, 0) is 5.56 Å². The molecule has 0 saturated carbocycles. The van der Waals surface area contributed by atoms with Crippen molar-refractivity contribution >= 4 is 11.6 Å². The SMILES string of the molecule is O=C1CC(c2ccccc2)c2c(F)c(F)cc(F)c2N1. The van der Waals surface area contributed by atoms with Gasteiger partial charge in [0.05, 0.1) is 5.69 Å². The summed E-state index contributed by atoms with van der Waals surface area (Å²) < 4.78 is 41.2. The van der Waals surface area contributed by atoms with E-state index in [1.807, 2.05) is 0 Å². The first-order valence-electron chi connectivity index (χ1n) is 6.10. The van der Waals surface area contributed by atoms with Crippen molar-refractivity contribution in [1.82, 2.24) is 0 Å². The van der Waals surface area contributed by atoms with Gasteiger partial charge in [0.2, 0.25) is 5.91 Å². The molecule has 2 aromatic carbocycles. The number of rotatable bonds is 1. The second-order valence-corrected chi connectivity index (χ2v) is 4.66. The molecule has 1 aliphatic rings. The average molecular weight is 277 g/mol. The molecule has 3 rings (SSSR count). The lowest BCUT2D eigenvalue weighted by Crippen LogP contribution is -2.26. The van der Waals surface area contributed by atoms with Crippen LogP contribution in [-0.4, -0.2) is 5.91 Å². The van der Waals surface area contributed by atoms with Gasteiger partial charge in [0.15, 0.2) is 11.6 Å². The summed E-state index contributed by atoms with van der Waals surface area (Å²) in [7, 11) is 0. The molecule has 2 aromatic rings. The smallest absolute Gasteiger partial charge is 0.225 e. The van der Waals surface area contributed by atoms with E-state index in [0.29, 0.717) is 11.6 Å². The van der Waals surface area contributed by atoms with Crippen molar-refractivity contribution in [2.45, 2.75) is 12.3 Å². The van der Waals surface area contributed by atoms with Gasteiger partial charge in [0, 0.05) is 24.0 Å². The zero-order valence-corrected chi connectivity index (χ0v) is 10.3. The maximum absolute atomic E-state index is 14.0. The molecular formula is C15H10F3NO. The van der Waals surface area contributed by atoms with Crippen molar-refractivity contribution in [2.75, 3.05) is 5.32 Å². The third-order valence-electron chi connectivity index (χ3n) is 3.41. The van der Waals surface area contributed by atoms with Crippen LogP contribution in [0.2, 0.25) is 0 Å². The molecule has 1 aliphatic heterocycles. The van der Waals surface area contributed by atoms with Crippen LogP contribution in [0.25, 0.3) is 0 Å². The summed E-state index contributed by atoms with van der Waals surface area (Å²) >= 11 is 0. The third kappa shape index (κ3) is 1.95. The molecule has 1 heterocycles. The molecule has 0 saturated heterocycles. The van der Waals surface area contributed by atoms with Crippen LogP contribution in [0.3, 0.4) is 0 Å². The number of carbonyl (C=O) groups excluding carboxylic acids is 1. The van der Waals surface area contributed by atoms with Crippen molar-refractivity contribution in [1.29, 1.82) is 0 Å². The van der Waals surface area contributed by atoms with Crippen molar-refractivity contribution in [3.8, 4) is 0 Å². The Morgan fingerprint density at radius 2 is 1.75 bits per heavy atom. The number of hydrogen-bond acceptors (Lipinski definition) is 1. The van der Waals surface area contributed by atoms with Crippen molar-refractivity contribution < 1.29 is 18.0 Å². The van der Waals surface area contributed by atoms with Crippen LogP contribution in [0.1, 0.15) is 23.5 Å². The number of fused-ring (bicyclic) bond motifs is 1. The largest absolute Gasteiger partial charge is 0.323 e. The van der Waals surface area contributed by atoms with Crippen molar-refractivity contribution in [2.24, 2.45) is 0 Å². The normalized spacial score (nSPS) is 17.6. The minimum Gasteiger partial charge on any atom is -0.323 e. The first-order chi connectivity index (χ1) is 9.58. The molecular weight excluding hydrogens is 267 g/mol. The molecule has 5 heteroatoms. The van der Waals surface area contributed by atoms with Gasteiger partial charge >= 0.3 is 0 Å². The van der Waals surface area contributed by atoms with Gasteiger partial charge in [-0.15, -0.1) is 0 Å². The fourth-order valence-electron chi connectivity index (χ4n) is 2.52. The maximum Gasteiger partial charge on any atom is 0.225 e. The summed E-state index contributed by atoms with van der Waals surface area (Å²) in [5.41, 5.74) is 0.245. The minimum absolute atomic E-state index is 0.0448. The molecule has 1 N–H and O–H groups in total. The number of benzene rings is 2. The second kappa shape index (κ2) is 4.67. The van der Waals surface area contributed by atoms with E-state index >= 15 is 0 Å². The van der Waals surface area contributed by atoms with E-state index in [2.05, 4.69) is 5.32 Å². The van der Waals surface area contributed by atoms with Gasteiger partial charge in [-0.1, -0.05) is 30.3 Å². The minimum atomic E-state index is -1.25. The number of carbonyl (C=O) groups is 1. The summed E-state index contributed by atoms with van der Waals surface area (Å²) in [6, 6.07) is 9.09. The summed E-state index contributed by atoms with van der Waals surface area (Å²) in [5, 5.41) is 2.28. The highest BCUT2D eigenvalue weighted by Gasteiger charge is 2.33. The zero-order valence-electron chi connectivity index (χ0n) is 10.3. The summed E-state index contributed by atoms with van der Waals surface area (Å²) in [5.74, 6) is -4.44. The van der Waals surface area contributed by atoms with E-state index in [4.69, 9.17) is 0 Å². The lowest BCUT2D eigenvalue weighted by atomic mass is 9.84.